The predicted octanol–water partition coefficient (Wildman–Crippen LogP) is 2.67. The van der Waals surface area contributed by atoms with Crippen molar-refractivity contribution in [3.05, 3.63) is 23.8 Å². The monoisotopic (exact) mass is 454 g/mol. The molecule has 1 aliphatic heterocycles. The SMILES string of the molecule is Br.Br.COc1ccc(CNCCCN2CCOCC2)c(OC)c1. The van der Waals surface area contributed by atoms with Gasteiger partial charge in [-0.1, -0.05) is 6.07 Å². The lowest BCUT2D eigenvalue weighted by molar-refractivity contribution is 0.0374. The minimum atomic E-state index is 0. The van der Waals surface area contributed by atoms with Gasteiger partial charge in [0.15, 0.2) is 0 Å². The maximum atomic E-state index is 5.40. The highest BCUT2D eigenvalue weighted by Gasteiger charge is 2.09. The van der Waals surface area contributed by atoms with E-state index in [0.717, 1.165) is 69.4 Å². The van der Waals surface area contributed by atoms with Gasteiger partial charge in [0, 0.05) is 31.3 Å². The molecule has 1 aromatic rings. The highest BCUT2D eigenvalue weighted by molar-refractivity contribution is 8.93. The summed E-state index contributed by atoms with van der Waals surface area (Å²) in [6.45, 7) is 6.82. The van der Waals surface area contributed by atoms with Crippen molar-refractivity contribution in [2.45, 2.75) is 13.0 Å². The molecule has 1 saturated heterocycles. The predicted molar refractivity (Wildman–Crippen MR) is 104 cm³/mol. The molecule has 0 aliphatic carbocycles. The molecule has 1 aromatic carbocycles. The summed E-state index contributed by atoms with van der Waals surface area (Å²) in [7, 11) is 3.36. The number of morpholine rings is 1. The fourth-order valence-electron chi connectivity index (χ4n) is 2.47. The maximum Gasteiger partial charge on any atom is 0.127 e. The molecule has 5 nitrogen and oxygen atoms in total. The van der Waals surface area contributed by atoms with Crippen molar-refractivity contribution in [2.24, 2.45) is 0 Å². The van der Waals surface area contributed by atoms with Gasteiger partial charge < -0.3 is 19.5 Å². The van der Waals surface area contributed by atoms with Gasteiger partial charge in [0.05, 0.1) is 27.4 Å². The Labute approximate surface area is 160 Å². The Morgan fingerprint density at radius 3 is 2.52 bits per heavy atom. The van der Waals surface area contributed by atoms with E-state index < -0.39 is 0 Å². The van der Waals surface area contributed by atoms with E-state index in [-0.39, 0.29) is 34.0 Å². The van der Waals surface area contributed by atoms with Gasteiger partial charge in [0.2, 0.25) is 0 Å². The Kier molecular flexibility index (Phi) is 12.8. The highest BCUT2D eigenvalue weighted by atomic mass is 79.9. The first-order valence-electron chi connectivity index (χ1n) is 7.55. The van der Waals surface area contributed by atoms with Gasteiger partial charge in [-0.05, 0) is 25.6 Å². The number of rotatable bonds is 8. The fourth-order valence-corrected chi connectivity index (χ4v) is 2.47. The van der Waals surface area contributed by atoms with Crippen LogP contribution >= 0.6 is 34.0 Å². The van der Waals surface area contributed by atoms with E-state index in [1.54, 1.807) is 14.2 Å². The standard InChI is InChI=1S/C16H26N2O3.2BrH/c1-19-15-5-4-14(16(12-15)20-2)13-17-6-3-7-18-8-10-21-11-9-18;;/h4-5,12,17H,3,6-11,13H2,1-2H3;2*1H. The summed E-state index contributed by atoms with van der Waals surface area (Å²) in [5, 5.41) is 3.47. The molecule has 0 radical (unpaired) electrons. The molecule has 134 valence electrons. The summed E-state index contributed by atoms with van der Waals surface area (Å²) in [6.07, 6.45) is 1.15. The third-order valence-electron chi connectivity index (χ3n) is 3.74. The lowest BCUT2D eigenvalue weighted by Crippen LogP contribution is -2.37. The third-order valence-corrected chi connectivity index (χ3v) is 3.74. The van der Waals surface area contributed by atoms with Gasteiger partial charge >= 0.3 is 0 Å². The Morgan fingerprint density at radius 2 is 1.87 bits per heavy atom. The second-order valence-corrected chi connectivity index (χ2v) is 5.16. The normalized spacial score (nSPS) is 14.5. The van der Waals surface area contributed by atoms with Crippen molar-refractivity contribution < 1.29 is 14.2 Å². The molecule has 0 bridgehead atoms. The fraction of sp³-hybridized carbons (Fsp3) is 0.625. The van der Waals surface area contributed by atoms with E-state index in [4.69, 9.17) is 14.2 Å². The van der Waals surface area contributed by atoms with Gasteiger partial charge in [-0.2, -0.15) is 0 Å². The molecule has 1 N–H and O–H groups in total. The number of benzene rings is 1. The van der Waals surface area contributed by atoms with Crippen molar-refractivity contribution in [2.75, 3.05) is 53.6 Å². The Bertz CT molecular complexity index is 430. The average molecular weight is 456 g/mol. The molecule has 0 atom stereocenters. The molecule has 23 heavy (non-hydrogen) atoms. The first-order chi connectivity index (χ1) is 10.3. The van der Waals surface area contributed by atoms with E-state index in [1.807, 2.05) is 18.2 Å². The lowest BCUT2D eigenvalue weighted by Gasteiger charge is -2.26. The van der Waals surface area contributed by atoms with Crippen molar-refractivity contribution in [3.63, 3.8) is 0 Å². The summed E-state index contributed by atoms with van der Waals surface area (Å²) in [4.78, 5) is 2.46. The van der Waals surface area contributed by atoms with Crippen molar-refractivity contribution in [3.8, 4) is 11.5 Å². The smallest absolute Gasteiger partial charge is 0.127 e. The highest BCUT2D eigenvalue weighted by Crippen LogP contribution is 2.24. The third kappa shape index (κ3) is 7.85. The first kappa shape index (κ1) is 22.7. The summed E-state index contributed by atoms with van der Waals surface area (Å²) >= 11 is 0. The zero-order valence-electron chi connectivity index (χ0n) is 13.9. The second-order valence-electron chi connectivity index (χ2n) is 5.16. The van der Waals surface area contributed by atoms with E-state index in [0.29, 0.717) is 0 Å². The minimum absolute atomic E-state index is 0. The summed E-state index contributed by atoms with van der Waals surface area (Å²) in [5.41, 5.74) is 1.16. The topological polar surface area (TPSA) is 43.0 Å². The molecular formula is C16H28Br2N2O3. The van der Waals surface area contributed by atoms with Crippen LogP contribution in [0.15, 0.2) is 18.2 Å². The molecule has 0 amide bonds. The number of ether oxygens (including phenoxy) is 3. The maximum absolute atomic E-state index is 5.40. The number of nitrogens with one attached hydrogen (secondary N) is 1. The summed E-state index contributed by atoms with van der Waals surface area (Å²) in [5.74, 6) is 1.69. The van der Waals surface area contributed by atoms with E-state index >= 15 is 0 Å². The van der Waals surface area contributed by atoms with Crippen LogP contribution in [0, 0.1) is 0 Å². The van der Waals surface area contributed by atoms with Crippen molar-refractivity contribution >= 4 is 34.0 Å². The number of hydrogen-bond acceptors (Lipinski definition) is 5. The minimum Gasteiger partial charge on any atom is -0.497 e. The Hall–Kier alpha value is -0.340. The Morgan fingerprint density at radius 1 is 1.13 bits per heavy atom. The number of halogens is 2. The van der Waals surface area contributed by atoms with Crippen LogP contribution in [0.5, 0.6) is 11.5 Å². The van der Waals surface area contributed by atoms with E-state index in [9.17, 15) is 0 Å². The van der Waals surface area contributed by atoms with Gasteiger partial charge in [-0.15, -0.1) is 34.0 Å². The molecule has 7 heteroatoms. The van der Waals surface area contributed by atoms with Crippen LogP contribution in [-0.2, 0) is 11.3 Å². The molecule has 1 fully saturated rings. The van der Waals surface area contributed by atoms with Crippen LogP contribution < -0.4 is 14.8 Å². The zero-order chi connectivity index (χ0) is 14.9. The van der Waals surface area contributed by atoms with Crippen LogP contribution in [0.4, 0.5) is 0 Å². The number of methoxy groups -OCH3 is 2. The van der Waals surface area contributed by atoms with Crippen molar-refractivity contribution in [1.29, 1.82) is 0 Å². The summed E-state index contributed by atoms with van der Waals surface area (Å²) < 4.78 is 16.0. The molecule has 1 heterocycles. The average Bonchev–Trinajstić information content (AvgIpc) is 2.55. The molecule has 0 spiro atoms. The van der Waals surface area contributed by atoms with Crippen LogP contribution in [-0.4, -0.2) is 58.5 Å². The van der Waals surface area contributed by atoms with Crippen LogP contribution in [0.2, 0.25) is 0 Å². The van der Waals surface area contributed by atoms with Gasteiger partial charge in [-0.3, -0.25) is 4.90 Å². The van der Waals surface area contributed by atoms with Crippen LogP contribution in [0.1, 0.15) is 12.0 Å². The molecule has 0 aromatic heterocycles. The lowest BCUT2D eigenvalue weighted by atomic mass is 10.2. The molecule has 0 unspecified atom stereocenters. The summed E-state index contributed by atoms with van der Waals surface area (Å²) in [6, 6.07) is 5.94. The van der Waals surface area contributed by atoms with Crippen LogP contribution in [0.25, 0.3) is 0 Å². The molecular weight excluding hydrogens is 428 g/mol. The molecule has 1 aliphatic rings. The molecule has 2 rings (SSSR count). The number of hydrogen-bond donors (Lipinski definition) is 1. The van der Waals surface area contributed by atoms with E-state index in [1.165, 1.54) is 0 Å². The van der Waals surface area contributed by atoms with Gasteiger partial charge in [0.1, 0.15) is 11.5 Å². The largest absolute Gasteiger partial charge is 0.497 e. The Balaban J connectivity index is 0.00000242. The zero-order valence-corrected chi connectivity index (χ0v) is 17.3. The number of nitrogens with zero attached hydrogens (tertiary/aromatic N) is 1. The van der Waals surface area contributed by atoms with Gasteiger partial charge in [0.25, 0.3) is 0 Å². The van der Waals surface area contributed by atoms with E-state index in [2.05, 4.69) is 10.2 Å². The molecule has 0 saturated carbocycles. The van der Waals surface area contributed by atoms with Crippen LogP contribution in [0.3, 0.4) is 0 Å². The quantitative estimate of drug-likeness (QED) is 0.610. The van der Waals surface area contributed by atoms with Gasteiger partial charge in [-0.25, -0.2) is 0 Å². The first-order valence-corrected chi connectivity index (χ1v) is 7.55. The van der Waals surface area contributed by atoms with Crippen molar-refractivity contribution in [1.82, 2.24) is 10.2 Å². The second kappa shape index (κ2) is 13.0.